The summed E-state index contributed by atoms with van der Waals surface area (Å²) in [7, 11) is 1.73. The molecule has 0 radical (unpaired) electrons. The van der Waals surface area contributed by atoms with Gasteiger partial charge in [-0.25, -0.2) is 0 Å². The lowest BCUT2D eigenvalue weighted by molar-refractivity contribution is 0.415. The summed E-state index contributed by atoms with van der Waals surface area (Å²) in [6.45, 7) is 5.15. The smallest absolute Gasteiger partial charge is 0.143 e. The highest BCUT2D eigenvalue weighted by molar-refractivity contribution is 5.87. The summed E-state index contributed by atoms with van der Waals surface area (Å²) in [4.78, 5) is 0. The second kappa shape index (κ2) is 5.44. The van der Waals surface area contributed by atoms with Crippen LogP contribution in [0.1, 0.15) is 32.0 Å². The minimum atomic E-state index is 0.423. The number of nitrogens with two attached hydrogens (primary N) is 1. The molecule has 2 aromatic rings. The van der Waals surface area contributed by atoms with Crippen molar-refractivity contribution in [2.24, 2.45) is 5.73 Å². The topological polar surface area (TPSA) is 40.2 Å². The van der Waals surface area contributed by atoms with Crippen molar-refractivity contribution >= 4 is 10.9 Å². The summed E-state index contributed by atoms with van der Waals surface area (Å²) in [5.74, 6) is 0.945. The lowest BCUT2D eigenvalue weighted by Gasteiger charge is -2.16. The van der Waals surface area contributed by atoms with Crippen molar-refractivity contribution < 1.29 is 4.74 Å². The van der Waals surface area contributed by atoms with Gasteiger partial charge in [0.15, 0.2) is 0 Å². The van der Waals surface area contributed by atoms with Crippen LogP contribution in [0.25, 0.3) is 10.9 Å². The number of aryl methyl sites for hydroxylation is 1. The zero-order valence-corrected chi connectivity index (χ0v) is 11.4. The Kier molecular flexibility index (Phi) is 3.92. The van der Waals surface area contributed by atoms with E-state index in [0.29, 0.717) is 6.04 Å². The van der Waals surface area contributed by atoms with Crippen LogP contribution in [0.2, 0.25) is 0 Å². The quantitative estimate of drug-likeness (QED) is 0.880. The maximum absolute atomic E-state index is 5.62. The Morgan fingerprint density at radius 2 is 2.11 bits per heavy atom. The van der Waals surface area contributed by atoms with Crippen LogP contribution in [0.3, 0.4) is 0 Å². The number of ether oxygens (including phenoxy) is 1. The van der Waals surface area contributed by atoms with Gasteiger partial charge in [-0.2, -0.15) is 0 Å². The lowest BCUT2D eigenvalue weighted by Crippen LogP contribution is -2.08. The number of methoxy groups -OCH3 is 1. The number of rotatable bonds is 5. The van der Waals surface area contributed by atoms with Gasteiger partial charge in [-0.05, 0) is 45.4 Å². The Hall–Kier alpha value is -1.48. The van der Waals surface area contributed by atoms with Gasteiger partial charge >= 0.3 is 0 Å². The van der Waals surface area contributed by atoms with Crippen LogP contribution in [0.15, 0.2) is 24.3 Å². The van der Waals surface area contributed by atoms with Crippen LogP contribution >= 0.6 is 0 Å². The van der Waals surface area contributed by atoms with Crippen molar-refractivity contribution in [3.05, 3.63) is 30.0 Å². The van der Waals surface area contributed by atoms with Gasteiger partial charge in [-0.3, -0.25) is 0 Å². The first-order valence-corrected chi connectivity index (χ1v) is 6.56. The molecule has 0 amide bonds. The Morgan fingerprint density at radius 3 is 2.72 bits per heavy atom. The average Bonchev–Trinajstić information content (AvgIpc) is 2.74. The third-order valence-corrected chi connectivity index (χ3v) is 3.28. The van der Waals surface area contributed by atoms with Crippen LogP contribution in [0.5, 0.6) is 5.75 Å². The number of fused-ring (bicyclic) bond motifs is 1. The standard InChI is InChI=1S/C15H22N2O/c1-11(2)17-13(7-5-9-16)10-12-6-4-8-14(18-3)15(12)17/h4,6,8,10-11H,5,7,9,16H2,1-3H3. The van der Waals surface area contributed by atoms with E-state index in [9.17, 15) is 0 Å². The van der Waals surface area contributed by atoms with Crippen molar-refractivity contribution in [2.45, 2.75) is 32.7 Å². The van der Waals surface area contributed by atoms with E-state index in [1.54, 1.807) is 7.11 Å². The van der Waals surface area contributed by atoms with Crippen molar-refractivity contribution in [1.29, 1.82) is 0 Å². The Labute approximate surface area is 109 Å². The molecule has 1 aromatic heterocycles. The van der Waals surface area contributed by atoms with E-state index >= 15 is 0 Å². The van der Waals surface area contributed by atoms with Gasteiger partial charge in [0.1, 0.15) is 5.75 Å². The summed E-state index contributed by atoms with van der Waals surface area (Å²) < 4.78 is 7.86. The molecule has 0 unspecified atom stereocenters. The summed E-state index contributed by atoms with van der Waals surface area (Å²) in [6, 6.07) is 8.88. The molecule has 3 nitrogen and oxygen atoms in total. The van der Waals surface area contributed by atoms with Gasteiger partial charge in [0.25, 0.3) is 0 Å². The van der Waals surface area contributed by atoms with Crippen molar-refractivity contribution in [2.75, 3.05) is 13.7 Å². The molecule has 0 aliphatic carbocycles. The molecule has 1 heterocycles. The van der Waals surface area contributed by atoms with Gasteiger partial charge in [0.2, 0.25) is 0 Å². The molecule has 2 N–H and O–H groups in total. The van der Waals surface area contributed by atoms with E-state index in [1.807, 2.05) is 12.1 Å². The molecule has 3 heteroatoms. The molecule has 18 heavy (non-hydrogen) atoms. The summed E-state index contributed by atoms with van der Waals surface area (Å²) >= 11 is 0. The highest BCUT2D eigenvalue weighted by atomic mass is 16.5. The number of para-hydroxylation sites is 1. The minimum absolute atomic E-state index is 0.423. The molecular weight excluding hydrogens is 224 g/mol. The summed E-state index contributed by atoms with van der Waals surface area (Å²) in [6.07, 6.45) is 2.04. The number of nitrogens with zero attached hydrogens (tertiary/aromatic N) is 1. The van der Waals surface area contributed by atoms with Crippen LogP contribution in [-0.2, 0) is 6.42 Å². The second-order valence-corrected chi connectivity index (χ2v) is 4.89. The summed E-state index contributed by atoms with van der Waals surface area (Å²) in [5.41, 5.74) is 8.16. The van der Waals surface area contributed by atoms with Crippen LogP contribution in [-0.4, -0.2) is 18.2 Å². The zero-order chi connectivity index (χ0) is 13.1. The monoisotopic (exact) mass is 246 g/mol. The molecule has 0 bridgehead atoms. The number of aromatic nitrogens is 1. The average molecular weight is 246 g/mol. The Morgan fingerprint density at radius 1 is 1.33 bits per heavy atom. The molecule has 0 saturated carbocycles. The highest BCUT2D eigenvalue weighted by Gasteiger charge is 2.14. The van der Waals surface area contributed by atoms with Crippen LogP contribution in [0.4, 0.5) is 0 Å². The first kappa shape index (κ1) is 13.0. The van der Waals surface area contributed by atoms with Gasteiger partial charge in [0, 0.05) is 17.1 Å². The highest BCUT2D eigenvalue weighted by Crippen LogP contribution is 2.31. The van der Waals surface area contributed by atoms with E-state index in [2.05, 4.69) is 30.5 Å². The second-order valence-electron chi connectivity index (χ2n) is 4.89. The van der Waals surface area contributed by atoms with Gasteiger partial charge < -0.3 is 15.0 Å². The fourth-order valence-electron chi connectivity index (χ4n) is 2.54. The fraction of sp³-hybridized carbons (Fsp3) is 0.467. The molecule has 2 rings (SSSR count). The molecule has 0 aliphatic rings. The van der Waals surface area contributed by atoms with Crippen molar-refractivity contribution in [3.63, 3.8) is 0 Å². The lowest BCUT2D eigenvalue weighted by atomic mass is 10.2. The number of hydrogen-bond acceptors (Lipinski definition) is 2. The van der Waals surface area contributed by atoms with Gasteiger partial charge in [-0.1, -0.05) is 12.1 Å². The van der Waals surface area contributed by atoms with E-state index in [4.69, 9.17) is 10.5 Å². The van der Waals surface area contributed by atoms with Crippen LogP contribution < -0.4 is 10.5 Å². The zero-order valence-electron chi connectivity index (χ0n) is 11.4. The number of hydrogen-bond donors (Lipinski definition) is 1. The Bertz CT molecular complexity index is 529. The molecule has 0 saturated heterocycles. The first-order chi connectivity index (χ1) is 8.69. The van der Waals surface area contributed by atoms with E-state index in [-0.39, 0.29) is 0 Å². The number of benzene rings is 1. The predicted molar refractivity (Wildman–Crippen MR) is 76.3 cm³/mol. The Balaban J connectivity index is 2.61. The third kappa shape index (κ3) is 2.23. The molecule has 0 aliphatic heterocycles. The molecule has 0 fully saturated rings. The van der Waals surface area contributed by atoms with E-state index < -0.39 is 0 Å². The molecular formula is C15H22N2O. The van der Waals surface area contributed by atoms with Gasteiger partial charge in [-0.15, -0.1) is 0 Å². The SMILES string of the molecule is COc1cccc2cc(CCCN)n(C(C)C)c12. The first-order valence-electron chi connectivity index (χ1n) is 6.56. The maximum atomic E-state index is 5.62. The molecule has 98 valence electrons. The van der Waals surface area contributed by atoms with Gasteiger partial charge in [0.05, 0.1) is 12.6 Å². The largest absolute Gasteiger partial charge is 0.495 e. The van der Waals surface area contributed by atoms with Crippen molar-refractivity contribution in [3.8, 4) is 5.75 Å². The fourth-order valence-corrected chi connectivity index (χ4v) is 2.54. The van der Waals surface area contributed by atoms with Crippen LogP contribution in [0, 0.1) is 0 Å². The normalized spacial score (nSPS) is 11.4. The molecule has 0 spiro atoms. The van der Waals surface area contributed by atoms with E-state index in [0.717, 1.165) is 25.1 Å². The third-order valence-electron chi connectivity index (χ3n) is 3.28. The van der Waals surface area contributed by atoms with E-state index in [1.165, 1.54) is 16.6 Å². The summed E-state index contributed by atoms with van der Waals surface area (Å²) in [5, 5.41) is 1.25. The maximum Gasteiger partial charge on any atom is 0.143 e. The minimum Gasteiger partial charge on any atom is -0.495 e. The molecule has 0 atom stereocenters. The van der Waals surface area contributed by atoms with Crippen molar-refractivity contribution in [1.82, 2.24) is 4.57 Å². The predicted octanol–water partition coefficient (Wildman–Crippen LogP) is 3.12. The molecule has 1 aromatic carbocycles.